The Morgan fingerprint density at radius 2 is 1.89 bits per heavy atom. The van der Waals surface area contributed by atoms with Crippen LogP contribution in [0.5, 0.6) is 5.75 Å². The number of ether oxygens (including phenoxy) is 1. The molecule has 0 heterocycles. The van der Waals surface area contributed by atoms with Gasteiger partial charge >= 0.3 is 0 Å². The van der Waals surface area contributed by atoms with Crippen LogP contribution in [0.15, 0.2) is 55.7 Å². The molecule has 3 heteroatoms. The summed E-state index contributed by atoms with van der Waals surface area (Å²) < 4.78 is 5.22. The Labute approximate surface area is 114 Å². The molecular formula is C16H19NO2. The Bertz CT molecular complexity index is 467. The van der Waals surface area contributed by atoms with Gasteiger partial charge in [-0.25, -0.2) is 0 Å². The molecule has 0 saturated carbocycles. The molecule has 1 amide bonds. The van der Waals surface area contributed by atoms with Crippen LogP contribution in [0.3, 0.4) is 0 Å². The van der Waals surface area contributed by atoms with Crippen LogP contribution in [-0.2, 0) is 4.79 Å². The quantitative estimate of drug-likeness (QED) is 0.555. The molecule has 3 nitrogen and oxygen atoms in total. The first kappa shape index (κ1) is 14.8. The molecule has 0 fully saturated rings. The van der Waals surface area contributed by atoms with E-state index in [1.54, 1.807) is 30.2 Å². The van der Waals surface area contributed by atoms with E-state index in [1.807, 2.05) is 24.3 Å². The third-order valence-electron chi connectivity index (χ3n) is 2.56. The van der Waals surface area contributed by atoms with Gasteiger partial charge in [-0.3, -0.25) is 4.79 Å². The molecule has 0 saturated heterocycles. The van der Waals surface area contributed by atoms with Gasteiger partial charge in [0.15, 0.2) is 0 Å². The number of carbonyl (C=O) groups is 1. The first-order valence-corrected chi connectivity index (χ1v) is 6.04. The molecule has 0 N–H and O–H groups in total. The van der Waals surface area contributed by atoms with E-state index in [1.165, 1.54) is 6.08 Å². The Kier molecular flexibility index (Phi) is 6.16. The van der Waals surface area contributed by atoms with Gasteiger partial charge in [0.05, 0.1) is 7.11 Å². The highest BCUT2D eigenvalue weighted by atomic mass is 16.5. The molecule has 100 valence electrons. The van der Waals surface area contributed by atoms with Crippen LogP contribution in [0, 0.1) is 0 Å². The zero-order valence-corrected chi connectivity index (χ0v) is 11.2. The lowest BCUT2D eigenvalue weighted by atomic mass is 10.2. The maximum Gasteiger partial charge on any atom is 0.247 e. The minimum atomic E-state index is -0.0780. The van der Waals surface area contributed by atoms with E-state index in [0.717, 1.165) is 11.3 Å². The van der Waals surface area contributed by atoms with Crippen LogP contribution in [-0.4, -0.2) is 31.0 Å². The maximum absolute atomic E-state index is 12.0. The summed E-state index contributed by atoms with van der Waals surface area (Å²) in [6.07, 6.45) is 6.67. The summed E-state index contributed by atoms with van der Waals surface area (Å²) in [5.41, 5.74) is 0.871. The summed E-state index contributed by atoms with van der Waals surface area (Å²) in [6.45, 7) is 8.28. The van der Waals surface area contributed by atoms with Crippen LogP contribution in [0.2, 0.25) is 0 Å². The number of carbonyl (C=O) groups excluding carboxylic acids is 1. The average molecular weight is 257 g/mol. The highest BCUT2D eigenvalue weighted by Crippen LogP contribution is 2.18. The number of methoxy groups -OCH3 is 1. The Morgan fingerprint density at radius 3 is 2.47 bits per heavy atom. The molecule has 0 unspecified atom stereocenters. The van der Waals surface area contributed by atoms with Gasteiger partial charge in [-0.2, -0.15) is 0 Å². The zero-order valence-electron chi connectivity index (χ0n) is 11.2. The van der Waals surface area contributed by atoms with Crippen molar-refractivity contribution in [2.24, 2.45) is 0 Å². The summed E-state index contributed by atoms with van der Waals surface area (Å²) in [5.74, 6) is 0.663. The molecule has 0 aromatic heterocycles. The van der Waals surface area contributed by atoms with Crippen LogP contribution >= 0.6 is 0 Å². The number of hydrogen-bond donors (Lipinski definition) is 0. The summed E-state index contributed by atoms with van der Waals surface area (Å²) in [5, 5.41) is 0. The third kappa shape index (κ3) is 4.47. The predicted molar refractivity (Wildman–Crippen MR) is 79.0 cm³/mol. The molecule has 1 rings (SSSR count). The number of amides is 1. The molecule has 1 aromatic carbocycles. The second kappa shape index (κ2) is 7.93. The Morgan fingerprint density at radius 1 is 1.26 bits per heavy atom. The Hall–Kier alpha value is -2.29. The fourth-order valence-corrected chi connectivity index (χ4v) is 1.64. The van der Waals surface area contributed by atoms with Crippen molar-refractivity contribution in [2.45, 2.75) is 0 Å². The standard InChI is InChI=1S/C16H19NO2/c1-4-12-17(13-5-2)16(18)11-10-14-8-6-7-9-15(14)19-3/h4-11H,1-2,12-13H2,3H3/b11-10+. The minimum Gasteiger partial charge on any atom is -0.496 e. The molecular weight excluding hydrogens is 238 g/mol. The zero-order chi connectivity index (χ0) is 14.1. The van der Waals surface area contributed by atoms with Crippen molar-refractivity contribution in [2.75, 3.05) is 20.2 Å². The van der Waals surface area contributed by atoms with E-state index >= 15 is 0 Å². The van der Waals surface area contributed by atoms with Crippen molar-refractivity contribution in [3.63, 3.8) is 0 Å². The van der Waals surface area contributed by atoms with E-state index < -0.39 is 0 Å². The molecule has 0 aliphatic rings. The van der Waals surface area contributed by atoms with E-state index in [9.17, 15) is 4.79 Å². The summed E-state index contributed by atoms with van der Waals surface area (Å²) in [4.78, 5) is 13.6. The normalized spacial score (nSPS) is 10.2. The van der Waals surface area contributed by atoms with Gasteiger partial charge in [0.1, 0.15) is 5.75 Å². The first-order chi connectivity index (χ1) is 9.22. The summed E-state index contributed by atoms with van der Waals surface area (Å²) >= 11 is 0. The maximum atomic E-state index is 12.0. The first-order valence-electron chi connectivity index (χ1n) is 6.04. The van der Waals surface area contributed by atoms with Crippen molar-refractivity contribution in [3.8, 4) is 5.75 Å². The third-order valence-corrected chi connectivity index (χ3v) is 2.56. The van der Waals surface area contributed by atoms with Crippen molar-refractivity contribution in [1.82, 2.24) is 4.90 Å². The SMILES string of the molecule is C=CCN(CC=C)C(=O)/C=C/c1ccccc1OC. The van der Waals surface area contributed by atoms with Gasteiger partial charge in [0.25, 0.3) is 0 Å². The van der Waals surface area contributed by atoms with Gasteiger partial charge in [-0.05, 0) is 12.1 Å². The molecule has 1 aromatic rings. The topological polar surface area (TPSA) is 29.5 Å². The molecule has 19 heavy (non-hydrogen) atoms. The smallest absolute Gasteiger partial charge is 0.247 e. The average Bonchev–Trinajstić information content (AvgIpc) is 2.44. The van der Waals surface area contributed by atoms with Gasteiger partial charge in [0.2, 0.25) is 5.91 Å². The molecule has 0 spiro atoms. The molecule has 0 bridgehead atoms. The van der Waals surface area contributed by atoms with E-state index in [4.69, 9.17) is 4.74 Å². The largest absolute Gasteiger partial charge is 0.496 e. The monoisotopic (exact) mass is 257 g/mol. The Balaban J connectivity index is 2.81. The van der Waals surface area contributed by atoms with Crippen LogP contribution < -0.4 is 4.74 Å². The lowest BCUT2D eigenvalue weighted by Crippen LogP contribution is -2.29. The molecule has 0 aliphatic carbocycles. The van der Waals surface area contributed by atoms with E-state index in [-0.39, 0.29) is 5.91 Å². The van der Waals surface area contributed by atoms with Crippen LogP contribution in [0.25, 0.3) is 6.08 Å². The van der Waals surface area contributed by atoms with Crippen molar-refractivity contribution < 1.29 is 9.53 Å². The van der Waals surface area contributed by atoms with Crippen LogP contribution in [0.4, 0.5) is 0 Å². The second-order valence-corrected chi connectivity index (χ2v) is 3.90. The van der Waals surface area contributed by atoms with E-state index in [2.05, 4.69) is 13.2 Å². The number of hydrogen-bond acceptors (Lipinski definition) is 2. The predicted octanol–water partition coefficient (Wildman–Crippen LogP) is 2.91. The lowest BCUT2D eigenvalue weighted by molar-refractivity contribution is -0.124. The second-order valence-electron chi connectivity index (χ2n) is 3.90. The molecule has 0 radical (unpaired) electrons. The molecule has 0 aliphatic heterocycles. The van der Waals surface area contributed by atoms with Crippen molar-refractivity contribution in [1.29, 1.82) is 0 Å². The minimum absolute atomic E-state index is 0.0780. The lowest BCUT2D eigenvalue weighted by Gasteiger charge is -2.16. The fourth-order valence-electron chi connectivity index (χ4n) is 1.64. The summed E-state index contributed by atoms with van der Waals surface area (Å²) in [7, 11) is 1.61. The fraction of sp³-hybridized carbons (Fsp3) is 0.188. The highest BCUT2D eigenvalue weighted by molar-refractivity contribution is 5.92. The van der Waals surface area contributed by atoms with Gasteiger partial charge < -0.3 is 9.64 Å². The molecule has 0 atom stereocenters. The van der Waals surface area contributed by atoms with Crippen LogP contribution in [0.1, 0.15) is 5.56 Å². The van der Waals surface area contributed by atoms with Crippen molar-refractivity contribution >= 4 is 12.0 Å². The number of rotatable bonds is 7. The number of benzene rings is 1. The van der Waals surface area contributed by atoms with Gasteiger partial charge in [-0.15, -0.1) is 13.2 Å². The van der Waals surface area contributed by atoms with Crippen molar-refractivity contribution in [3.05, 3.63) is 61.2 Å². The number of para-hydroxylation sites is 1. The summed E-state index contributed by atoms with van der Waals surface area (Å²) in [6, 6.07) is 7.54. The highest BCUT2D eigenvalue weighted by Gasteiger charge is 2.06. The van der Waals surface area contributed by atoms with E-state index in [0.29, 0.717) is 13.1 Å². The number of nitrogens with zero attached hydrogens (tertiary/aromatic N) is 1. The van der Waals surface area contributed by atoms with Gasteiger partial charge in [-0.1, -0.05) is 30.4 Å². The van der Waals surface area contributed by atoms with Gasteiger partial charge in [0, 0.05) is 24.7 Å².